The monoisotopic (exact) mass is 486 g/mol. The van der Waals surface area contributed by atoms with Gasteiger partial charge >= 0.3 is 0 Å². The normalized spacial score (nSPS) is 17.4. The van der Waals surface area contributed by atoms with Crippen LogP contribution < -0.4 is 11.1 Å². The number of nitrogens with zero attached hydrogens (tertiary/aromatic N) is 2. The van der Waals surface area contributed by atoms with Crippen molar-refractivity contribution in [1.29, 1.82) is 0 Å². The van der Waals surface area contributed by atoms with Gasteiger partial charge in [0, 0.05) is 23.5 Å². The Morgan fingerprint density at radius 2 is 1.92 bits per heavy atom. The minimum Gasteiger partial charge on any atom is -0.370 e. The molecule has 0 atom stereocenters. The van der Waals surface area contributed by atoms with Crippen LogP contribution in [0, 0.1) is 0 Å². The van der Waals surface area contributed by atoms with Crippen LogP contribution in [-0.4, -0.2) is 37.3 Å². The molecule has 0 amide bonds. The number of hydrogen-bond donors (Lipinski definition) is 2. The van der Waals surface area contributed by atoms with E-state index in [9.17, 15) is 8.42 Å². The van der Waals surface area contributed by atoms with E-state index in [0.717, 1.165) is 24.1 Å². The second-order valence-corrected chi connectivity index (χ2v) is 10.1. The minimum absolute atomic E-state index is 0. The summed E-state index contributed by atoms with van der Waals surface area (Å²) < 4.78 is 27.2. The molecule has 9 heteroatoms. The van der Waals surface area contributed by atoms with E-state index in [-0.39, 0.29) is 29.5 Å². The fourth-order valence-corrected chi connectivity index (χ4v) is 5.35. The highest BCUT2D eigenvalue weighted by Crippen LogP contribution is 2.27. The molecule has 0 radical (unpaired) electrons. The minimum atomic E-state index is -3.35. The molecule has 138 valence electrons. The third-order valence-corrected chi connectivity index (χ3v) is 6.89. The fourth-order valence-electron chi connectivity index (χ4n) is 2.40. The van der Waals surface area contributed by atoms with E-state index in [1.807, 2.05) is 26.8 Å². The lowest BCUT2D eigenvalue weighted by molar-refractivity contribution is 0.347. The van der Waals surface area contributed by atoms with Gasteiger partial charge in [-0.15, -0.1) is 35.3 Å². The zero-order chi connectivity index (χ0) is 17.1. The van der Waals surface area contributed by atoms with Gasteiger partial charge in [0.1, 0.15) is 4.21 Å². The smallest absolute Gasteiger partial charge is 0.252 e. The van der Waals surface area contributed by atoms with Crippen molar-refractivity contribution in [1.82, 2.24) is 9.62 Å². The second-order valence-electron chi connectivity index (χ2n) is 6.76. The standard InChI is InChI=1S/C15H26N4O2S2.HI/c1-15(2,3)18-14(16)17-11-12-7-8-13(22-12)23(20,21)19-9-5-4-6-10-19;/h7-8H,4-6,9-11H2,1-3H3,(H3,16,17,18);1H. The van der Waals surface area contributed by atoms with Crippen molar-refractivity contribution in [2.45, 2.75) is 56.3 Å². The summed E-state index contributed by atoms with van der Waals surface area (Å²) in [5.74, 6) is 0.367. The highest BCUT2D eigenvalue weighted by atomic mass is 127. The molecular weight excluding hydrogens is 459 g/mol. The molecule has 0 bridgehead atoms. The van der Waals surface area contributed by atoms with Crippen LogP contribution in [-0.2, 0) is 16.6 Å². The molecule has 1 aliphatic heterocycles. The van der Waals surface area contributed by atoms with Crippen LogP contribution in [0.15, 0.2) is 21.3 Å². The third-order valence-electron chi connectivity index (χ3n) is 3.45. The number of thiophene rings is 1. The number of guanidine groups is 1. The molecule has 0 aromatic carbocycles. The topological polar surface area (TPSA) is 87.8 Å². The largest absolute Gasteiger partial charge is 0.370 e. The Hall–Kier alpha value is -0.390. The van der Waals surface area contributed by atoms with Crippen molar-refractivity contribution in [3.05, 3.63) is 17.0 Å². The average Bonchev–Trinajstić information content (AvgIpc) is 2.94. The number of nitrogens with one attached hydrogen (secondary N) is 1. The van der Waals surface area contributed by atoms with E-state index >= 15 is 0 Å². The van der Waals surface area contributed by atoms with Crippen LogP contribution >= 0.6 is 35.3 Å². The SMILES string of the molecule is CC(C)(C)NC(N)=NCc1ccc(S(=O)(=O)N2CCCCC2)s1.I. The first-order valence-electron chi connectivity index (χ1n) is 7.85. The van der Waals surface area contributed by atoms with Crippen molar-refractivity contribution in [3.8, 4) is 0 Å². The molecule has 1 aromatic rings. The van der Waals surface area contributed by atoms with E-state index < -0.39 is 10.0 Å². The number of halogens is 1. The van der Waals surface area contributed by atoms with Gasteiger partial charge in [-0.1, -0.05) is 6.42 Å². The Bertz CT molecular complexity index is 659. The number of nitrogens with two attached hydrogens (primary N) is 1. The number of hydrogen-bond acceptors (Lipinski definition) is 4. The van der Waals surface area contributed by atoms with Crippen LogP contribution in [0.1, 0.15) is 44.9 Å². The maximum Gasteiger partial charge on any atom is 0.252 e. The van der Waals surface area contributed by atoms with E-state index in [1.54, 1.807) is 10.4 Å². The summed E-state index contributed by atoms with van der Waals surface area (Å²) in [5, 5.41) is 3.08. The van der Waals surface area contributed by atoms with Crippen molar-refractivity contribution < 1.29 is 8.42 Å². The van der Waals surface area contributed by atoms with Crippen molar-refractivity contribution in [2.75, 3.05) is 13.1 Å². The van der Waals surface area contributed by atoms with Gasteiger partial charge in [-0.3, -0.25) is 0 Å². The molecule has 1 aromatic heterocycles. The van der Waals surface area contributed by atoms with Gasteiger partial charge in [-0.25, -0.2) is 13.4 Å². The summed E-state index contributed by atoms with van der Waals surface area (Å²) in [4.78, 5) is 5.16. The summed E-state index contributed by atoms with van der Waals surface area (Å²) in [6.07, 6.45) is 2.99. The molecule has 3 N–H and O–H groups in total. The molecule has 1 fully saturated rings. The van der Waals surface area contributed by atoms with Gasteiger partial charge in [-0.05, 0) is 45.7 Å². The van der Waals surface area contributed by atoms with Crippen molar-refractivity contribution >= 4 is 51.3 Å². The third kappa shape index (κ3) is 6.16. The second kappa shape index (κ2) is 8.81. The average molecular weight is 486 g/mol. The Morgan fingerprint density at radius 1 is 1.29 bits per heavy atom. The molecule has 1 aliphatic rings. The summed E-state index contributed by atoms with van der Waals surface area (Å²) in [6, 6.07) is 3.49. The van der Waals surface area contributed by atoms with Crippen LogP contribution in [0.3, 0.4) is 0 Å². The lowest BCUT2D eigenvalue weighted by atomic mass is 10.1. The molecular formula is C15H27IN4O2S2. The molecule has 1 saturated heterocycles. The Labute approximate surface area is 166 Å². The number of rotatable bonds is 4. The molecule has 0 aliphatic carbocycles. The fraction of sp³-hybridized carbons (Fsp3) is 0.667. The highest BCUT2D eigenvalue weighted by Gasteiger charge is 2.27. The van der Waals surface area contributed by atoms with Gasteiger partial charge in [0.15, 0.2) is 5.96 Å². The van der Waals surface area contributed by atoms with Crippen LogP contribution in [0.25, 0.3) is 0 Å². The number of piperidine rings is 1. The van der Waals surface area contributed by atoms with E-state index in [4.69, 9.17) is 5.73 Å². The van der Waals surface area contributed by atoms with Crippen LogP contribution in [0.5, 0.6) is 0 Å². The molecule has 0 unspecified atom stereocenters. The first kappa shape index (κ1) is 21.7. The van der Waals surface area contributed by atoms with Gasteiger partial charge in [0.2, 0.25) is 0 Å². The molecule has 2 rings (SSSR count). The van der Waals surface area contributed by atoms with E-state index in [1.165, 1.54) is 11.3 Å². The Morgan fingerprint density at radius 3 is 2.50 bits per heavy atom. The molecule has 0 saturated carbocycles. The van der Waals surface area contributed by atoms with E-state index in [2.05, 4.69) is 10.3 Å². The predicted octanol–water partition coefficient (Wildman–Crippen LogP) is 2.74. The van der Waals surface area contributed by atoms with Crippen molar-refractivity contribution in [3.63, 3.8) is 0 Å². The van der Waals surface area contributed by atoms with Gasteiger partial charge in [-0.2, -0.15) is 4.31 Å². The van der Waals surface area contributed by atoms with Gasteiger partial charge < -0.3 is 11.1 Å². The van der Waals surface area contributed by atoms with Crippen molar-refractivity contribution in [2.24, 2.45) is 10.7 Å². The Kier molecular flexibility index (Phi) is 7.95. The van der Waals surface area contributed by atoms with Crippen LogP contribution in [0.2, 0.25) is 0 Å². The Balaban J connectivity index is 0.00000288. The molecule has 6 nitrogen and oxygen atoms in total. The quantitative estimate of drug-likeness (QED) is 0.389. The maximum absolute atomic E-state index is 12.6. The zero-order valence-corrected chi connectivity index (χ0v) is 18.4. The maximum atomic E-state index is 12.6. The van der Waals surface area contributed by atoms with E-state index in [0.29, 0.717) is 29.8 Å². The summed E-state index contributed by atoms with van der Waals surface area (Å²) in [6.45, 7) is 7.64. The number of sulfonamides is 1. The highest BCUT2D eigenvalue weighted by molar-refractivity contribution is 14.0. The lowest BCUT2D eigenvalue weighted by Gasteiger charge is -2.25. The zero-order valence-electron chi connectivity index (χ0n) is 14.4. The molecule has 0 spiro atoms. The molecule has 24 heavy (non-hydrogen) atoms. The van der Waals surface area contributed by atoms with Gasteiger partial charge in [0.25, 0.3) is 10.0 Å². The molecule has 2 heterocycles. The first-order valence-corrected chi connectivity index (χ1v) is 10.1. The van der Waals surface area contributed by atoms with Crippen LogP contribution in [0.4, 0.5) is 0 Å². The lowest BCUT2D eigenvalue weighted by Crippen LogP contribution is -2.44. The summed E-state index contributed by atoms with van der Waals surface area (Å²) in [5.41, 5.74) is 5.69. The number of aliphatic imine (C=N–C) groups is 1. The summed E-state index contributed by atoms with van der Waals surface area (Å²) >= 11 is 1.27. The predicted molar refractivity (Wildman–Crippen MR) is 111 cm³/mol. The summed E-state index contributed by atoms with van der Waals surface area (Å²) in [7, 11) is -3.35. The first-order chi connectivity index (χ1) is 10.7. The van der Waals surface area contributed by atoms with Gasteiger partial charge in [0.05, 0.1) is 6.54 Å².